The maximum Gasteiger partial charge on any atom is 0.0717 e. The quantitative estimate of drug-likeness (QED) is 0.522. The average Bonchev–Trinajstić information content (AvgIpc) is 2.48. The van der Waals surface area contributed by atoms with Gasteiger partial charge in [-0.1, -0.05) is 37.9 Å². The zero-order chi connectivity index (χ0) is 12.2. The van der Waals surface area contributed by atoms with Gasteiger partial charge in [0.1, 0.15) is 0 Å². The highest BCUT2D eigenvalue weighted by atomic mass is 14.5. The Hall–Kier alpha value is 0.325. The Balaban J connectivity index is 2.36. The van der Waals surface area contributed by atoms with Gasteiger partial charge in [-0.05, 0) is 18.3 Å². The lowest BCUT2D eigenvalue weighted by molar-refractivity contribution is 0.142. The van der Waals surface area contributed by atoms with Gasteiger partial charge in [-0.15, -0.1) is 10.4 Å². The van der Waals surface area contributed by atoms with E-state index in [-0.39, 0.29) is 5.41 Å². The molecule has 0 N–H and O–H groups in total. The van der Waals surface area contributed by atoms with Crippen molar-refractivity contribution in [2.45, 2.75) is 61.2 Å². The first kappa shape index (κ1) is 12.8. The van der Waals surface area contributed by atoms with Crippen molar-refractivity contribution < 1.29 is 0 Å². The molecule has 10 radical (unpaired) electrons. The van der Waals surface area contributed by atoms with Crippen molar-refractivity contribution in [3.8, 4) is 0 Å². The van der Waals surface area contributed by atoms with Crippen LogP contribution in [-0.2, 0) is 0 Å². The molecule has 0 aromatic rings. The smallest absolute Gasteiger partial charge is 0.0717 e. The molecule has 16 heavy (non-hydrogen) atoms. The second-order valence-electron chi connectivity index (χ2n) is 6.34. The fraction of sp³-hybridized carbons (Fsp3) is 1.00. The molecule has 0 nitrogen and oxygen atoms in total. The van der Waals surface area contributed by atoms with Crippen molar-refractivity contribution in [3.63, 3.8) is 0 Å². The first-order valence-corrected chi connectivity index (χ1v) is 6.06. The van der Waals surface area contributed by atoms with E-state index in [2.05, 4.69) is 0 Å². The van der Waals surface area contributed by atoms with Gasteiger partial charge in [-0.25, -0.2) is 0 Å². The fourth-order valence-electron chi connectivity index (χ4n) is 3.58. The minimum atomic E-state index is -0.987. The molecule has 2 fully saturated rings. The number of hydrogen-bond donors (Lipinski definition) is 0. The van der Waals surface area contributed by atoms with E-state index in [1.54, 1.807) is 6.92 Å². The van der Waals surface area contributed by atoms with Gasteiger partial charge >= 0.3 is 0 Å². The number of rotatable bonds is 0. The average molecular weight is 201 g/mol. The SMILES string of the molecule is [B]C1([B])CC2(CCCC2)CC([B])([B])C1([B])C. The van der Waals surface area contributed by atoms with Gasteiger partial charge in [-0.3, -0.25) is 0 Å². The zero-order valence-corrected chi connectivity index (χ0v) is 10.1. The summed E-state index contributed by atoms with van der Waals surface area (Å²) in [6, 6.07) is 0. The predicted octanol–water partition coefficient (Wildman–Crippen LogP) is 1.59. The first-order valence-electron chi connectivity index (χ1n) is 6.06. The molecule has 0 atom stereocenters. The molecule has 74 valence electrons. The molecule has 0 aliphatic heterocycles. The van der Waals surface area contributed by atoms with E-state index in [9.17, 15) is 0 Å². The summed E-state index contributed by atoms with van der Waals surface area (Å²) >= 11 is 0. The molecule has 2 rings (SSSR count). The second kappa shape index (κ2) is 3.42. The lowest BCUT2D eigenvalue weighted by atomic mass is 9.18. The zero-order valence-electron chi connectivity index (χ0n) is 10.1. The molecule has 2 saturated carbocycles. The van der Waals surface area contributed by atoms with Crippen LogP contribution in [0, 0.1) is 5.41 Å². The van der Waals surface area contributed by atoms with Crippen molar-refractivity contribution in [1.29, 1.82) is 0 Å². The van der Waals surface area contributed by atoms with Crippen molar-refractivity contribution in [2.24, 2.45) is 5.41 Å². The van der Waals surface area contributed by atoms with Crippen LogP contribution >= 0.6 is 0 Å². The third-order valence-electron chi connectivity index (χ3n) is 4.93. The second-order valence-corrected chi connectivity index (χ2v) is 6.34. The fourth-order valence-corrected chi connectivity index (χ4v) is 3.58. The summed E-state index contributed by atoms with van der Waals surface area (Å²) in [7, 11) is 30.9. The predicted molar refractivity (Wildman–Crippen MR) is 72.7 cm³/mol. The van der Waals surface area contributed by atoms with Gasteiger partial charge in [0.05, 0.1) is 39.2 Å². The van der Waals surface area contributed by atoms with Crippen LogP contribution in [0.25, 0.3) is 0 Å². The molecule has 0 amide bonds. The number of hydrogen-bond acceptors (Lipinski definition) is 0. The van der Waals surface area contributed by atoms with Crippen molar-refractivity contribution in [1.82, 2.24) is 0 Å². The normalized spacial score (nSPS) is 33.8. The van der Waals surface area contributed by atoms with Gasteiger partial charge in [0.25, 0.3) is 0 Å². The van der Waals surface area contributed by atoms with Crippen LogP contribution in [0.15, 0.2) is 0 Å². The van der Waals surface area contributed by atoms with Crippen LogP contribution in [0.3, 0.4) is 0 Å². The maximum absolute atomic E-state index is 6.18. The molecular weight excluding hydrogens is 186 g/mol. The Morgan fingerprint density at radius 3 is 1.50 bits per heavy atom. The Bertz CT molecular complexity index is 267. The van der Waals surface area contributed by atoms with Crippen LogP contribution in [-0.4, -0.2) is 39.2 Å². The molecular formula is C11H15B5. The minimum absolute atomic E-state index is 0.117. The lowest BCUT2D eigenvalue weighted by Gasteiger charge is -2.64. The summed E-state index contributed by atoms with van der Waals surface area (Å²) in [4.78, 5) is 0. The molecule has 1 spiro atoms. The van der Waals surface area contributed by atoms with Gasteiger partial charge < -0.3 is 0 Å². The van der Waals surface area contributed by atoms with Crippen molar-refractivity contribution >= 4 is 39.2 Å². The Morgan fingerprint density at radius 2 is 1.12 bits per heavy atom. The summed E-state index contributed by atoms with van der Waals surface area (Å²) in [5, 5.41) is -2.91. The van der Waals surface area contributed by atoms with Crippen LogP contribution in [0.2, 0.25) is 15.7 Å². The summed E-state index contributed by atoms with van der Waals surface area (Å²) in [5.41, 5.74) is 0.117. The highest BCUT2D eigenvalue weighted by Crippen LogP contribution is 2.72. The third kappa shape index (κ3) is 1.64. The van der Waals surface area contributed by atoms with Crippen LogP contribution in [0.5, 0.6) is 0 Å². The third-order valence-corrected chi connectivity index (χ3v) is 4.93. The molecule has 2 aliphatic carbocycles. The Morgan fingerprint density at radius 1 is 0.750 bits per heavy atom. The van der Waals surface area contributed by atoms with E-state index in [1.165, 1.54) is 12.8 Å². The van der Waals surface area contributed by atoms with Gasteiger partial charge in [0.15, 0.2) is 0 Å². The highest BCUT2D eigenvalue weighted by Gasteiger charge is 2.55. The summed E-state index contributed by atoms with van der Waals surface area (Å²) in [6.07, 6.45) is 6.12. The van der Waals surface area contributed by atoms with Crippen molar-refractivity contribution in [3.05, 3.63) is 0 Å². The molecule has 0 heterocycles. The van der Waals surface area contributed by atoms with Gasteiger partial charge in [-0.2, -0.15) is 0 Å². The van der Waals surface area contributed by atoms with Crippen LogP contribution in [0.1, 0.15) is 45.4 Å². The Labute approximate surface area is 106 Å². The molecule has 0 unspecified atom stereocenters. The van der Waals surface area contributed by atoms with E-state index in [0.717, 1.165) is 25.7 Å². The lowest BCUT2D eigenvalue weighted by Crippen LogP contribution is -2.50. The first-order chi connectivity index (χ1) is 7.12. The molecule has 2 aliphatic rings. The van der Waals surface area contributed by atoms with E-state index in [0.29, 0.717) is 0 Å². The highest BCUT2D eigenvalue weighted by molar-refractivity contribution is 6.52. The maximum atomic E-state index is 6.18. The molecule has 5 heteroatoms. The summed E-state index contributed by atoms with van der Waals surface area (Å²) in [6.45, 7) is 1.77. The van der Waals surface area contributed by atoms with Crippen LogP contribution in [0.4, 0.5) is 0 Å². The Kier molecular flexibility index (Phi) is 2.73. The summed E-state index contributed by atoms with van der Waals surface area (Å²) in [5.74, 6) is 0. The standard InChI is InChI=1S/C11H15B5/c1-8(12)10(13,14)6-9(4-2-3-5-9)7-11(8,15)16/h2-7H2,1H3. The topological polar surface area (TPSA) is 0 Å². The van der Waals surface area contributed by atoms with Gasteiger partial charge in [0, 0.05) is 0 Å². The van der Waals surface area contributed by atoms with Crippen LogP contribution < -0.4 is 0 Å². The van der Waals surface area contributed by atoms with E-state index in [4.69, 9.17) is 39.2 Å². The largest absolute Gasteiger partial charge is 0.102 e. The van der Waals surface area contributed by atoms with E-state index in [1.807, 2.05) is 0 Å². The van der Waals surface area contributed by atoms with Crippen molar-refractivity contribution in [2.75, 3.05) is 0 Å². The molecule has 0 saturated heterocycles. The minimum Gasteiger partial charge on any atom is -0.102 e. The summed E-state index contributed by atoms with van der Waals surface area (Å²) < 4.78 is 0. The van der Waals surface area contributed by atoms with Gasteiger partial charge in [0.2, 0.25) is 0 Å². The molecule has 0 aromatic heterocycles. The van der Waals surface area contributed by atoms with E-state index >= 15 is 0 Å². The monoisotopic (exact) mass is 202 g/mol. The molecule has 0 bridgehead atoms. The molecule has 0 aromatic carbocycles. The van der Waals surface area contributed by atoms with E-state index < -0.39 is 15.7 Å².